The van der Waals surface area contributed by atoms with E-state index in [4.69, 9.17) is 9.97 Å². The van der Waals surface area contributed by atoms with Gasteiger partial charge in [0.2, 0.25) is 0 Å². The monoisotopic (exact) mass is 712 g/mol. The van der Waals surface area contributed by atoms with E-state index in [9.17, 15) is 0 Å². The largest absolute Gasteiger partial charge is 0.309 e. The number of hydrogen-bond acceptors (Lipinski definition) is 2. The molecule has 3 aromatic heterocycles. The molecule has 12 rings (SSSR count). The van der Waals surface area contributed by atoms with Crippen LogP contribution < -0.4 is 0 Å². The smallest absolute Gasteiger partial charge is 0.160 e. The van der Waals surface area contributed by atoms with Gasteiger partial charge in [-0.1, -0.05) is 140 Å². The zero-order chi connectivity index (χ0) is 36.7. The molecule has 0 aliphatic carbocycles. The van der Waals surface area contributed by atoms with Crippen LogP contribution in [-0.2, 0) is 0 Å². The van der Waals surface area contributed by atoms with Crippen molar-refractivity contribution in [1.82, 2.24) is 19.1 Å². The molecule has 56 heavy (non-hydrogen) atoms. The minimum atomic E-state index is 0.724. The summed E-state index contributed by atoms with van der Waals surface area (Å²) in [6.07, 6.45) is 0. The van der Waals surface area contributed by atoms with Crippen molar-refractivity contribution in [2.24, 2.45) is 0 Å². The molecule has 0 amide bonds. The highest BCUT2D eigenvalue weighted by Gasteiger charge is 2.20. The zero-order valence-electron chi connectivity index (χ0n) is 30.3. The van der Waals surface area contributed by atoms with Crippen LogP contribution in [0.4, 0.5) is 0 Å². The van der Waals surface area contributed by atoms with E-state index in [1.807, 2.05) is 12.1 Å². The van der Waals surface area contributed by atoms with Gasteiger partial charge < -0.3 is 9.13 Å². The highest BCUT2D eigenvalue weighted by molar-refractivity contribution is 6.23. The van der Waals surface area contributed by atoms with Crippen molar-refractivity contribution in [3.63, 3.8) is 0 Å². The average molecular weight is 713 g/mol. The summed E-state index contributed by atoms with van der Waals surface area (Å²) >= 11 is 0. The van der Waals surface area contributed by atoms with Crippen LogP contribution in [-0.4, -0.2) is 19.1 Å². The maximum Gasteiger partial charge on any atom is 0.160 e. The number of aromatic nitrogens is 4. The molecule has 0 N–H and O–H groups in total. The SMILES string of the molecule is c1ccc(-c2nc(-c3ccc4cc(-n5c6ccccc6c6cc7c8ccc9ccccc9c8n(-c8ccccc8)c7cc65)ccc4c3)nc3ccccc23)cc1. The van der Waals surface area contributed by atoms with Gasteiger partial charge in [0, 0.05) is 54.8 Å². The molecule has 0 aliphatic rings. The van der Waals surface area contributed by atoms with E-state index in [1.54, 1.807) is 0 Å². The third-order valence-electron chi connectivity index (χ3n) is 11.5. The van der Waals surface area contributed by atoms with Gasteiger partial charge in [0.05, 0.1) is 33.3 Å². The van der Waals surface area contributed by atoms with E-state index in [0.29, 0.717) is 0 Å². The molecule has 0 radical (unpaired) electrons. The summed E-state index contributed by atoms with van der Waals surface area (Å²) in [5.41, 5.74) is 11.0. The molecule has 4 nitrogen and oxygen atoms in total. The fourth-order valence-electron chi connectivity index (χ4n) is 8.90. The predicted molar refractivity (Wildman–Crippen MR) is 234 cm³/mol. The lowest BCUT2D eigenvalue weighted by Crippen LogP contribution is -1.97. The number of para-hydroxylation sites is 3. The van der Waals surface area contributed by atoms with Gasteiger partial charge in [-0.15, -0.1) is 0 Å². The van der Waals surface area contributed by atoms with Crippen molar-refractivity contribution in [2.45, 2.75) is 0 Å². The third-order valence-corrected chi connectivity index (χ3v) is 11.5. The van der Waals surface area contributed by atoms with E-state index < -0.39 is 0 Å². The van der Waals surface area contributed by atoms with Crippen LogP contribution in [0.25, 0.3) is 110 Å². The van der Waals surface area contributed by atoms with Gasteiger partial charge in [-0.2, -0.15) is 0 Å². The van der Waals surface area contributed by atoms with Gasteiger partial charge >= 0.3 is 0 Å². The van der Waals surface area contributed by atoms with Gasteiger partial charge in [-0.05, 0) is 70.8 Å². The maximum absolute atomic E-state index is 5.14. The van der Waals surface area contributed by atoms with Crippen molar-refractivity contribution in [1.29, 1.82) is 0 Å². The van der Waals surface area contributed by atoms with Crippen LogP contribution >= 0.6 is 0 Å². The van der Waals surface area contributed by atoms with Crippen molar-refractivity contribution in [2.75, 3.05) is 0 Å². The molecule has 0 atom stereocenters. The fraction of sp³-hybridized carbons (Fsp3) is 0. The molecule has 260 valence electrons. The third kappa shape index (κ3) is 4.60. The number of nitrogens with zero attached hydrogens (tertiary/aromatic N) is 4. The lowest BCUT2D eigenvalue weighted by molar-refractivity contribution is 1.17. The Morgan fingerprint density at radius 2 is 0.982 bits per heavy atom. The predicted octanol–water partition coefficient (Wildman–Crippen LogP) is 13.5. The molecule has 0 saturated carbocycles. The van der Waals surface area contributed by atoms with Crippen LogP contribution in [0.15, 0.2) is 194 Å². The Morgan fingerprint density at radius 3 is 1.86 bits per heavy atom. The summed E-state index contributed by atoms with van der Waals surface area (Å²) in [7, 11) is 0. The molecule has 0 unspecified atom stereocenters. The van der Waals surface area contributed by atoms with E-state index in [0.717, 1.165) is 55.7 Å². The number of fused-ring (bicyclic) bond motifs is 10. The first kappa shape index (κ1) is 30.9. The van der Waals surface area contributed by atoms with Gasteiger partial charge in [0.25, 0.3) is 0 Å². The molecule has 0 spiro atoms. The lowest BCUT2D eigenvalue weighted by Gasteiger charge is -2.12. The summed E-state index contributed by atoms with van der Waals surface area (Å²) in [6, 6.07) is 69.7. The van der Waals surface area contributed by atoms with E-state index in [1.165, 1.54) is 54.4 Å². The fourth-order valence-corrected chi connectivity index (χ4v) is 8.90. The minimum Gasteiger partial charge on any atom is -0.309 e. The molecule has 0 bridgehead atoms. The van der Waals surface area contributed by atoms with Crippen LogP contribution in [0.1, 0.15) is 0 Å². The molecule has 4 heteroatoms. The number of rotatable bonds is 4. The highest BCUT2D eigenvalue weighted by atomic mass is 15.0. The first-order chi connectivity index (χ1) is 27.8. The molecule has 9 aromatic carbocycles. The topological polar surface area (TPSA) is 35.6 Å². The maximum atomic E-state index is 5.14. The van der Waals surface area contributed by atoms with E-state index in [2.05, 4.69) is 191 Å². The zero-order valence-corrected chi connectivity index (χ0v) is 30.3. The van der Waals surface area contributed by atoms with Gasteiger partial charge in [0.15, 0.2) is 5.82 Å². The Labute approximate surface area is 322 Å². The van der Waals surface area contributed by atoms with Gasteiger partial charge in [0.1, 0.15) is 0 Å². The van der Waals surface area contributed by atoms with Gasteiger partial charge in [-0.3, -0.25) is 0 Å². The average Bonchev–Trinajstić information content (AvgIpc) is 3.77. The van der Waals surface area contributed by atoms with Crippen LogP contribution in [0, 0.1) is 0 Å². The quantitative estimate of drug-likeness (QED) is 0.182. The first-order valence-corrected chi connectivity index (χ1v) is 19.1. The van der Waals surface area contributed by atoms with Crippen LogP contribution in [0.2, 0.25) is 0 Å². The second kappa shape index (κ2) is 12.0. The molecule has 0 fully saturated rings. The Balaban J connectivity index is 1.06. The first-order valence-electron chi connectivity index (χ1n) is 19.1. The normalized spacial score (nSPS) is 11.9. The summed E-state index contributed by atoms with van der Waals surface area (Å²) < 4.78 is 4.88. The Morgan fingerprint density at radius 1 is 0.321 bits per heavy atom. The molecule has 3 heterocycles. The number of hydrogen-bond donors (Lipinski definition) is 0. The Bertz CT molecular complexity index is 3520. The van der Waals surface area contributed by atoms with Crippen molar-refractivity contribution in [3.05, 3.63) is 194 Å². The lowest BCUT2D eigenvalue weighted by atomic mass is 10.0. The van der Waals surface area contributed by atoms with E-state index in [-0.39, 0.29) is 0 Å². The highest BCUT2D eigenvalue weighted by Crippen LogP contribution is 2.42. The summed E-state index contributed by atoms with van der Waals surface area (Å²) in [5, 5.41) is 10.8. The summed E-state index contributed by atoms with van der Waals surface area (Å²) in [4.78, 5) is 10.2. The summed E-state index contributed by atoms with van der Waals surface area (Å²) in [6.45, 7) is 0. The molecular weight excluding hydrogens is 681 g/mol. The van der Waals surface area contributed by atoms with Crippen molar-refractivity contribution >= 4 is 76.1 Å². The standard InChI is InChI=1S/C52H32N4/c1-3-14-34(15-4-1)50-43-20-9-11-21-46(43)53-52(54-50)37-24-23-36-30-39(27-25-35(36)29-37)55-47-22-12-10-19-41(47)44-31-45-42-28-26-33-13-7-8-18-40(33)51(42)56(49(45)32-48(44)55)38-16-5-2-6-17-38/h1-32H. The van der Waals surface area contributed by atoms with Crippen molar-refractivity contribution < 1.29 is 0 Å². The molecule has 0 aliphatic heterocycles. The van der Waals surface area contributed by atoms with Crippen LogP contribution in [0.5, 0.6) is 0 Å². The van der Waals surface area contributed by atoms with Crippen LogP contribution in [0.3, 0.4) is 0 Å². The Kier molecular flexibility index (Phi) is 6.60. The van der Waals surface area contributed by atoms with E-state index >= 15 is 0 Å². The minimum absolute atomic E-state index is 0.724. The Hall–Kier alpha value is -7.56. The molecule has 12 aromatic rings. The van der Waals surface area contributed by atoms with Crippen molar-refractivity contribution in [3.8, 4) is 34.0 Å². The molecular formula is C52H32N4. The number of benzene rings is 9. The molecule has 0 saturated heterocycles. The second-order valence-corrected chi connectivity index (χ2v) is 14.6. The summed E-state index contributed by atoms with van der Waals surface area (Å²) in [5.74, 6) is 0.724. The second-order valence-electron chi connectivity index (χ2n) is 14.6. The van der Waals surface area contributed by atoms with Gasteiger partial charge in [-0.25, -0.2) is 9.97 Å².